The summed E-state index contributed by atoms with van der Waals surface area (Å²) in [7, 11) is 0. The van der Waals surface area contributed by atoms with E-state index < -0.39 is 5.82 Å². The quantitative estimate of drug-likeness (QED) is 0.579. The van der Waals surface area contributed by atoms with E-state index in [9.17, 15) is 9.18 Å². The first-order valence-corrected chi connectivity index (χ1v) is 9.32. The molecule has 0 radical (unpaired) electrons. The fourth-order valence-corrected chi connectivity index (χ4v) is 3.13. The van der Waals surface area contributed by atoms with E-state index in [0.29, 0.717) is 23.2 Å². The Morgan fingerprint density at radius 2 is 2.04 bits per heavy atom. The van der Waals surface area contributed by atoms with E-state index in [-0.39, 0.29) is 17.6 Å². The minimum Gasteiger partial charge on any atom is -0.378 e. The van der Waals surface area contributed by atoms with Gasteiger partial charge in [-0.25, -0.2) is 19.3 Å². The summed E-state index contributed by atoms with van der Waals surface area (Å²) in [6.45, 7) is 0.389. The molecule has 3 aromatic rings. The third-order valence-corrected chi connectivity index (χ3v) is 4.85. The van der Waals surface area contributed by atoms with Gasteiger partial charge in [0.2, 0.25) is 5.95 Å². The third kappa shape index (κ3) is 4.56. The van der Waals surface area contributed by atoms with Crippen LogP contribution in [0.2, 0.25) is 0 Å². The average molecular weight is 384 g/mol. The first-order chi connectivity index (χ1) is 13.2. The molecule has 3 N–H and O–H groups in total. The zero-order valence-corrected chi connectivity index (χ0v) is 15.1. The second kappa shape index (κ2) is 7.67. The molecule has 1 saturated carbocycles. The van der Waals surface area contributed by atoms with Crippen molar-refractivity contribution in [2.24, 2.45) is 0 Å². The van der Waals surface area contributed by atoms with E-state index in [1.54, 1.807) is 24.7 Å². The van der Waals surface area contributed by atoms with E-state index in [0.717, 1.165) is 17.7 Å². The summed E-state index contributed by atoms with van der Waals surface area (Å²) in [5.41, 5.74) is 0.728. The normalized spacial score (nSPS) is 13.2. The summed E-state index contributed by atoms with van der Waals surface area (Å²) in [5, 5.41) is 9.59. The number of anilines is 3. The van der Waals surface area contributed by atoms with E-state index >= 15 is 0 Å². The summed E-state index contributed by atoms with van der Waals surface area (Å²) in [6, 6.07) is 6.32. The van der Waals surface area contributed by atoms with Gasteiger partial charge in [0.25, 0.3) is 5.91 Å². The molecule has 27 heavy (non-hydrogen) atoms. The average Bonchev–Trinajstić information content (AvgIpc) is 3.38. The summed E-state index contributed by atoms with van der Waals surface area (Å²) in [6.07, 6.45) is 6.99. The molecule has 9 heteroatoms. The summed E-state index contributed by atoms with van der Waals surface area (Å²) in [4.78, 5) is 25.4. The van der Waals surface area contributed by atoms with Gasteiger partial charge in [0.15, 0.2) is 5.13 Å². The van der Waals surface area contributed by atoms with Gasteiger partial charge in [0.1, 0.15) is 5.82 Å². The van der Waals surface area contributed by atoms with Crippen molar-refractivity contribution in [3.8, 4) is 0 Å². The molecule has 4 rings (SSSR count). The molecule has 1 aliphatic rings. The van der Waals surface area contributed by atoms with E-state index in [1.807, 2.05) is 0 Å². The van der Waals surface area contributed by atoms with Crippen LogP contribution in [0.5, 0.6) is 0 Å². The number of carbonyl (C=O) groups excluding carboxylic acids is 1. The van der Waals surface area contributed by atoms with Crippen LogP contribution in [0.1, 0.15) is 28.1 Å². The van der Waals surface area contributed by atoms with Crippen LogP contribution in [-0.4, -0.2) is 26.9 Å². The number of nitrogens with zero attached hydrogens (tertiary/aromatic N) is 3. The van der Waals surface area contributed by atoms with Gasteiger partial charge < -0.3 is 16.0 Å². The molecule has 0 bridgehead atoms. The van der Waals surface area contributed by atoms with Crippen LogP contribution in [0.4, 0.5) is 21.2 Å². The van der Waals surface area contributed by atoms with Crippen molar-refractivity contribution in [1.82, 2.24) is 20.3 Å². The lowest BCUT2D eigenvalue weighted by atomic mass is 10.1. The van der Waals surface area contributed by atoms with E-state index in [1.165, 1.54) is 29.5 Å². The number of nitrogens with one attached hydrogen (secondary N) is 3. The summed E-state index contributed by atoms with van der Waals surface area (Å²) < 4.78 is 14.1. The highest BCUT2D eigenvalue weighted by atomic mass is 32.1. The lowest BCUT2D eigenvalue weighted by molar-refractivity contribution is 0.0951. The number of hydrogen-bond acceptors (Lipinski definition) is 7. The highest BCUT2D eigenvalue weighted by Gasteiger charge is 2.24. The number of carbonyl (C=O) groups is 1. The number of rotatable bonds is 7. The fourth-order valence-electron chi connectivity index (χ4n) is 2.39. The lowest BCUT2D eigenvalue weighted by Crippen LogP contribution is -2.25. The van der Waals surface area contributed by atoms with Gasteiger partial charge in [-0.15, -0.1) is 0 Å². The van der Waals surface area contributed by atoms with Crippen LogP contribution >= 0.6 is 11.3 Å². The molecule has 0 aliphatic heterocycles. The maximum atomic E-state index is 14.1. The Hall–Kier alpha value is -3.07. The smallest absolute Gasteiger partial charge is 0.251 e. The standard InChI is InChI=1S/C18H17FN6OS/c19-14-5-2-11(16(26)24-12-3-4-12)8-15(14)22-9-13-10-23-18(27-13)25-17-20-6-1-7-21-17/h1-2,5-8,10,12,22H,3-4,9H2,(H,24,26)(H,20,21,23,25). The minimum absolute atomic E-state index is 0.173. The SMILES string of the molecule is O=C(NC1CC1)c1ccc(F)c(NCc2cnc(Nc3ncccn3)s2)c1. The van der Waals surface area contributed by atoms with Crippen LogP contribution in [0, 0.1) is 5.82 Å². The van der Waals surface area contributed by atoms with Crippen LogP contribution < -0.4 is 16.0 Å². The minimum atomic E-state index is -0.404. The second-order valence-electron chi connectivity index (χ2n) is 6.13. The zero-order chi connectivity index (χ0) is 18.6. The number of halogens is 1. The molecule has 1 amide bonds. The molecular weight excluding hydrogens is 367 g/mol. The Balaban J connectivity index is 1.39. The van der Waals surface area contributed by atoms with Crippen LogP contribution in [-0.2, 0) is 6.54 Å². The van der Waals surface area contributed by atoms with E-state index in [4.69, 9.17) is 0 Å². The number of thiazole rings is 1. The number of benzene rings is 1. The molecule has 7 nitrogen and oxygen atoms in total. The van der Waals surface area contributed by atoms with Crippen molar-refractivity contribution in [2.75, 3.05) is 10.6 Å². The van der Waals surface area contributed by atoms with Gasteiger partial charge >= 0.3 is 0 Å². The zero-order valence-electron chi connectivity index (χ0n) is 14.3. The highest BCUT2D eigenvalue weighted by Crippen LogP contribution is 2.24. The van der Waals surface area contributed by atoms with Gasteiger partial charge in [-0.1, -0.05) is 11.3 Å². The summed E-state index contributed by atoms with van der Waals surface area (Å²) in [5.74, 6) is -0.113. The monoisotopic (exact) mass is 384 g/mol. The Kier molecular flexibility index (Phi) is 4.93. The molecule has 2 aromatic heterocycles. The van der Waals surface area contributed by atoms with Gasteiger partial charge in [0.05, 0.1) is 12.2 Å². The fraction of sp³-hybridized carbons (Fsp3) is 0.222. The third-order valence-electron chi connectivity index (χ3n) is 3.93. The maximum Gasteiger partial charge on any atom is 0.251 e. The lowest BCUT2D eigenvalue weighted by Gasteiger charge is -2.09. The van der Waals surface area contributed by atoms with Crippen molar-refractivity contribution in [1.29, 1.82) is 0 Å². The maximum absolute atomic E-state index is 14.1. The molecule has 138 valence electrons. The summed E-state index contributed by atoms with van der Waals surface area (Å²) >= 11 is 1.41. The first kappa shape index (κ1) is 17.3. The largest absolute Gasteiger partial charge is 0.378 e. The topological polar surface area (TPSA) is 91.8 Å². The first-order valence-electron chi connectivity index (χ1n) is 8.50. The van der Waals surface area contributed by atoms with E-state index in [2.05, 4.69) is 30.9 Å². The molecule has 1 fully saturated rings. The predicted octanol–water partition coefficient (Wildman–Crippen LogP) is 3.32. The molecular formula is C18H17FN6OS. The van der Waals surface area contributed by atoms with Crippen molar-refractivity contribution >= 4 is 34.0 Å². The van der Waals surface area contributed by atoms with Gasteiger partial charge in [-0.3, -0.25) is 4.79 Å². The highest BCUT2D eigenvalue weighted by molar-refractivity contribution is 7.15. The number of amides is 1. The molecule has 0 spiro atoms. The second-order valence-corrected chi connectivity index (χ2v) is 7.24. The van der Waals surface area contributed by atoms with Crippen molar-refractivity contribution in [3.05, 3.63) is 59.1 Å². The molecule has 1 aliphatic carbocycles. The van der Waals surface area contributed by atoms with Gasteiger partial charge in [0, 0.05) is 35.1 Å². The molecule has 2 heterocycles. The number of hydrogen-bond donors (Lipinski definition) is 3. The Bertz CT molecular complexity index is 944. The molecule has 0 unspecified atom stereocenters. The van der Waals surface area contributed by atoms with Crippen molar-refractivity contribution in [3.63, 3.8) is 0 Å². The van der Waals surface area contributed by atoms with Crippen molar-refractivity contribution < 1.29 is 9.18 Å². The molecule has 0 saturated heterocycles. The molecule has 0 atom stereocenters. The Morgan fingerprint density at radius 3 is 2.81 bits per heavy atom. The Morgan fingerprint density at radius 1 is 1.22 bits per heavy atom. The van der Waals surface area contributed by atoms with Crippen LogP contribution in [0.15, 0.2) is 42.9 Å². The van der Waals surface area contributed by atoms with Crippen LogP contribution in [0.25, 0.3) is 0 Å². The number of aromatic nitrogens is 3. The Labute approximate surface area is 159 Å². The van der Waals surface area contributed by atoms with Gasteiger partial charge in [-0.05, 0) is 37.1 Å². The van der Waals surface area contributed by atoms with Crippen molar-refractivity contribution in [2.45, 2.75) is 25.4 Å². The molecule has 1 aromatic carbocycles. The predicted molar refractivity (Wildman–Crippen MR) is 102 cm³/mol. The van der Waals surface area contributed by atoms with Crippen LogP contribution in [0.3, 0.4) is 0 Å². The van der Waals surface area contributed by atoms with Gasteiger partial charge in [-0.2, -0.15) is 0 Å².